The maximum atomic E-state index is 14.5. The minimum Gasteiger partial charge on any atom is -0.506 e. The van der Waals surface area contributed by atoms with Crippen LogP contribution < -0.4 is 9.47 Å². The number of benzene rings is 1. The van der Waals surface area contributed by atoms with Gasteiger partial charge in [0.1, 0.15) is 28.4 Å². The van der Waals surface area contributed by atoms with Gasteiger partial charge in [-0.2, -0.15) is 0 Å². The van der Waals surface area contributed by atoms with Crippen molar-refractivity contribution in [2.75, 3.05) is 0 Å². The van der Waals surface area contributed by atoms with Crippen LogP contribution in [0.25, 0.3) is 6.08 Å². The van der Waals surface area contributed by atoms with Crippen molar-refractivity contribution < 1.29 is 38.8 Å². The highest BCUT2D eigenvalue weighted by Gasteiger charge is 2.81. The van der Waals surface area contributed by atoms with Crippen LogP contribution in [-0.4, -0.2) is 50.7 Å². The molecule has 1 aromatic rings. The van der Waals surface area contributed by atoms with E-state index in [2.05, 4.69) is 0 Å². The van der Waals surface area contributed by atoms with Crippen molar-refractivity contribution in [1.29, 1.82) is 0 Å². The fourth-order valence-electron chi connectivity index (χ4n) is 7.45. The number of ether oxygens (including phenoxy) is 3. The number of phenols is 1. The molecule has 3 heterocycles. The van der Waals surface area contributed by atoms with Gasteiger partial charge in [-0.1, -0.05) is 23.8 Å². The number of fused-ring (bicyclic) bond motifs is 2. The van der Waals surface area contributed by atoms with E-state index in [1.165, 1.54) is 6.92 Å². The quantitative estimate of drug-likeness (QED) is 0.357. The second-order valence-electron chi connectivity index (χ2n) is 13.2. The third-order valence-electron chi connectivity index (χ3n) is 9.68. The highest BCUT2D eigenvalue weighted by molar-refractivity contribution is 6.18. The summed E-state index contributed by atoms with van der Waals surface area (Å²) in [6.45, 7) is 13.0. The number of carbonyl (C=O) groups excluding carboxylic acids is 2. The molecule has 4 atom stereocenters. The molecule has 216 valence electrons. The minimum atomic E-state index is -1.50. The molecule has 41 heavy (non-hydrogen) atoms. The first-order chi connectivity index (χ1) is 19.1. The Balaban J connectivity index is 1.66. The summed E-state index contributed by atoms with van der Waals surface area (Å²) in [6.07, 6.45) is 8.83. The molecular formula is C33H36O8. The molecule has 3 aliphatic heterocycles. The number of Topliss-reactive ketones (excluding diaryl/α,β-unsaturated/α-hetero) is 2. The highest BCUT2D eigenvalue weighted by atomic mass is 16.6. The zero-order valence-corrected chi connectivity index (χ0v) is 24.5. The van der Waals surface area contributed by atoms with E-state index in [4.69, 9.17) is 14.2 Å². The molecule has 2 N–H and O–H groups in total. The monoisotopic (exact) mass is 560 g/mol. The number of phenolic OH excluding ortho intramolecular Hbond substituents is 1. The number of hydrogen-bond acceptors (Lipinski definition) is 7. The van der Waals surface area contributed by atoms with Crippen molar-refractivity contribution >= 4 is 23.6 Å². The van der Waals surface area contributed by atoms with E-state index < -0.39 is 46.0 Å². The maximum absolute atomic E-state index is 14.5. The summed E-state index contributed by atoms with van der Waals surface area (Å²) >= 11 is 0. The van der Waals surface area contributed by atoms with Gasteiger partial charge in [0.25, 0.3) is 0 Å². The second kappa shape index (κ2) is 8.44. The Morgan fingerprint density at radius 3 is 2.44 bits per heavy atom. The van der Waals surface area contributed by atoms with E-state index >= 15 is 0 Å². The van der Waals surface area contributed by atoms with Gasteiger partial charge in [-0.15, -0.1) is 0 Å². The van der Waals surface area contributed by atoms with Crippen LogP contribution in [0.5, 0.6) is 17.2 Å². The topological polar surface area (TPSA) is 119 Å². The van der Waals surface area contributed by atoms with E-state index in [-0.39, 0.29) is 34.8 Å². The number of aromatic hydroxyl groups is 1. The number of allylic oxidation sites excluding steroid dienone is 4. The lowest BCUT2D eigenvalue weighted by molar-refractivity contribution is -0.148. The third-order valence-corrected chi connectivity index (χ3v) is 9.68. The Hall–Kier alpha value is -3.65. The van der Waals surface area contributed by atoms with Gasteiger partial charge in [-0.05, 0) is 79.9 Å². The number of ketones is 2. The first-order valence-electron chi connectivity index (χ1n) is 14.1. The van der Waals surface area contributed by atoms with Crippen molar-refractivity contribution in [3.8, 4) is 17.2 Å². The van der Waals surface area contributed by atoms with Crippen LogP contribution in [-0.2, 0) is 20.7 Å². The molecule has 1 spiro atoms. The molecule has 8 nitrogen and oxygen atoms in total. The molecule has 1 aromatic carbocycles. The summed E-state index contributed by atoms with van der Waals surface area (Å²) in [5, 5.41) is 21.1. The summed E-state index contributed by atoms with van der Waals surface area (Å²) in [5.41, 5.74) is -1.45. The Morgan fingerprint density at radius 1 is 1.07 bits per heavy atom. The fraction of sp³-hybridized carbons (Fsp3) is 0.485. The van der Waals surface area contributed by atoms with Crippen LogP contribution in [0.15, 0.2) is 41.0 Å². The zero-order chi connectivity index (χ0) is 29.9. The lowest BCUT2D eigenvalue weighted by Gasteiger charge is -2.58. The molecule has 4 bridgehead atoms. The summed E-state index contributed by atoms with van der Waals surface area (Å²) in [6, 6.07) is 0. The number of rotatable bonds is 5. The van der Waals surface area contributed by atoms with Crippen molar-refractivity contribution in [1.82, 2.24) is 0 Å². The predicted octanol–water partition coefficient (Wildman–Crippen LogP) is 5.51. The minimum absolute atomic E-state index is 0.0513. The first-order valence-corrected chi connectivity index (χ1v) is 14.1. The normalized spacial score (nSPS) is 31.4. The molecule has 6 aliphatic rings. The molecule has 7 rings (SSSR count). The summed E-state index contributed by atoms with van der Waals surface area (Å²) in [4.78, 5) is 40.0. The van der Waals surface area contributed by atoms with Crippen LogP contribution in [0, 0.1) is 11.3 Å². The van der Waals surface area contributed by atoms with Gasteiger partial charge in [0.05, 0.1) is 16.6 Å². The molecule has 0 aromatic heterocycles. The van der Waals surface area contributed by atoms with Crippen LogP contribution in [0.4, 0.5) is 0 Å². The van der Waals surface area contributed by atoms with Gasteiger partial charge < -0.3 is 24.4 Å². The van der Waals surface area contributed by atoms with Crippen molar-refractivity contribution in [2.24, 2.45) is 11.3 Å². The van der Waals surface area contributed by atoms with Crippen LogP contribution in [0.3, 0.4) is 0 Å². The SMILES string of the molecule is CC(C)=CCc1c2c(c(O)c3c1OC14C(=CC5CC1(CC=C(C)C(=O)O)C(C)(C)OC4C5=O)C3=O)C=CC(C)(C)O2. The van der Waals surface area contributed by atoms with E-state index in [9.17, 15) is 24.6 Å². The van der Waals surface area contributed by atoms with Crippen LogP contribution in [0.2, 0.25) is 0 Å². The lowest BCUT2D eigenvalue weighted by atomic mass is 9.47. The summed E-state index contributed by atoms with van der Waals surface area (Å²) < 4.78 is 19.9. The van der Waals surface area contributed by atoms with Crippen LogP contribution >= 0.6 is 0 Å². The molecule has 4 unspecified atom stereocenters. The van der Waals surface area contributed by atoms with E-state index in [1.807, 2.05) is 53.7 Å². The molecule has 3 aliphatic carbocycles. The van der Waals surface area contributed by atoms with E-state index in [0.717, 1.165) is 5.57 Å². The smallest absolute Gasteiger partial charge is 0.330 e. The Labute approximate surface area is 239 Å². The average molecular weight is 561 g/mol. The zero-order valence-electron chi connectivity index (χ0n) is 24.5. The van der Waals surface area contributed by atoms with Gasteiger partial charge in [0.15, 0.2) is 23.3 Å². The number of carboxylic acid groups (broad SMARTS) is 1. The molecule has 0 amide bonds. The Bertz CT molecular complexity index is 1560. The van der Waals surface area contributed by atoms with Gasteiger partial charge in [-0.25, -0.2) is 4.79 Å². The molecular weight excluding hydrogens is 524 g/mol. The molecule has 0 radical (unpaired) electrons. The number of aliphatic carboxylic acids is 1. The molecule has 8 heteroatoms. The highest BCUT2D eigenvalue weighted by Crippen LogP contribution is 2.71. The maximum Gasteiger partial charge on any atom is 0.330 e. The fourth-order valence-corrected chi connectivity index (χ4v) is 7.45. The van der Waals surface area contributed by atoms with Gasteiger partial charge in [0, 0.05) is 22.6 Å². The average Bonchev–Trinajstić information content (AvgIpc) is 3.03. The summed E-state index contributed by atoms with van der Waals surface area (Å²) in [5.74, 6) is -1.79. The van der Waals surface area contributed by atoms with Crippen molar-refractivity contribution in [3.05, 3.63) is 57.7 Å². The van der Waals surface area contributed by atoms with Gasteiger partial charge >= 0.3 is 5.97 Å². The van der Waals surface area contributed by atoms with E-state index in [1.54, 1.807) is 18.2 Å². The van der Waals surface area contributed by atoms with Crippen LogP contribution in [0.1, 0.15) is 82.8 Å². The summed E-state index contributed by atoms with van der Waals surface area (Å²) in [7, 11) is 0. The first kappa shape index (κ1) is 27.5. The second-order valence-corrected chi connectivity index (χ2v) is 13.2. The Kier molecular flexibility index (Phi) is 5.67. The van der Waals surface area contributed by atoms with E-state index in [0.29, 0.717) is 35.3 Å². The van der Waals surface area contributed by atoms with Crippen molar-refractivity contribution in [2.45, 2.75) is 90.6 Å². The largest absolute Gasteiger partial charge is 0.506 e. The van der Waals surface area contributed by atoms with Gasteiger partial charge in [0.2, 0.25) is 0 Å². The predicted molar refractivity (Wildman–Crippen MR) is 151 cm³/mol. The van der Waals surface area contributed by atoms with Crippen molar-refractivity contribution in [3.63, 3.8) is 0 Å². The van der Waals surface area contributed by atoms with Gasteiger partial charge in [-0.3, -0.25) is 9.59 Å². The standard InChI is InChI=1S/C33H36O8/c1-16(2)8-9-20-26-19(11-12-30(4,5)39-26)24(35)22-25(36)21-14-18-15-32(13-10-17(3)29(37)38)31(6,7)41-28(23(18)34)33(21,32)40-27(20)22/h8,10-12,14,18,28,35H,9,13,15H2,1-7H3,(H,37,38). The molecule has 1 saturated heterocycles. The number of carbonyl (C=O) groups is 3. The number of hydrogen-bond donors (Lipinski definition) is 2. The Morgan fingerprint density at radius 2 is 1.78 bits per heavy atom. The molecule has 2 fully saturated rings. The molecule has 1 saturated carbocycles. The lowest BCUT2D eigenvalue weighted by Crippen LogP contribution is -2.70. The number of carboxylic acids is 1. The third kappa shape index (κ3) is 3.46.